The van der Waals surface area contributed by atoms with Crippen LogP contribution in [-0.4, -0.2) is 47.4 Å². The van der Waals surface area contributed by atoms with Crippen molar-refractivity contribution in [1.82, 2.24) is 0 Å². The lowest BCUT2D eigenvalue weighted by molar-refractivity contribution is -0.160. The highest BCUT2D eigenvalue weighted by Gasteiger charge is 2.40. The number of aliphatic carboxylic acids is 1. The zero-order valence-corrected chi connectivity index (χ0v) is 21.9. The molecule has 2 aromatic rings. The zero-order valence-electron chi connectivity index (χ0n) is 21.2. The molecule has 2 N–H and O–H groups in total. The number of nitrogens with zero attached hydrogens (tertiary/aromatic N) is 2. The number of carbonyl (C=O) groups is 4. The summed E-state index contributed by atoms with van der Waals surface area (Å²) in [4.78, 5) is 51.8. The van der Waals surface area contributed by atoms with E-state index < -0.39 is 42.2 Å². The predicted molar refractivity (Wildman–Crippen MR) is 139 cm³/mol. The summed E-state index contributed by atoms with van der Waals surface area (Å²) in [6.07, 6.45) is -2.50. The van der Waals surface area contributed by atoms with Gasteiger partial charge in [0.2, 0.25) is 5.91 Å². The van der Waals surface area contributed by atoms with Gasteiger partial charge in [0.25, 0.3) is 5.91 Å². The third-order valence-electron chi connectivity index (χ3n) is 5.53. The van der Waals surface area contributed by atoms with Crippen LogP contribution in [0.2, 0.25) is 0 Å². The standard InChI is InChI=1S/C27H30ClN3O6/c1-17(32)37-24(25(35)30-20-9-5-18(16-29)6-10-20)22(15-23(33)34)26(36)31(14-13-28)21-11-7-19(8-12-21)27(2,3)4/h5-12,22,24H,13-15H2,1-4H3,(H,30,35)(H,33,34)/t22-,24-/m1/s1. The molecule has 2 rings (SSSR count). The first-order valence-corrected chi connectivity index (χ1v) is 12.1. The Balaban J connectivity index is 2.45. The number of hydrogen-bond donors (Lipinski definition) is 2. The number of alkyl halides is 1. The zero-order chi connectivity index (χ0) is 27.8. The number of benzene rings is 2. The van der Waals surface area contributed by atoms with Crippen molar-refractivity contribution >= 4 is 46.7 Å². The molecular weight excluding hydrogens is 498 g/mol. The monoisotopic (exact) mass is 527 g/mol. The minimum Gasteiger partial charge on any atom is -0.481 e. The molecular formula is C27H30ClN3O6. The highest BCUT2D eigenvalue weighted by Crippen LogP contribution is 2.27. The summed E-state index contributed by atoms with van der Waals surface area (Å²) in [5.41, 5.74) is 2.00. The maximum absolute atomic E-state index is 13.7. The molecule has 0 spiro atoms. The smallest absolute Gasteiger partial charge is 0.304 e. The second-order valence-corrected chi connectivity index (χ2v) is 9.77. The maximum atomic E-state index is 13.7. The molecule has 0 aliphatic rings. The molecule has 0 fully saturated rings. The number of carboxylic acids is 1. The number of hydrogen-bond acceptors (Lipinski definition) is 6. The van der Waals surface area contributed by atoms with Crippen LogP contribution >= 0.6 is 11.6 Å². The van der Waals surface area contributed by atoms with Crippen molar-refractivity contribution in [2.24, 2.45) is 5.92 Å². The first-order chi connectivity index (χ1) is 17.4. The van der Waals surface area contributed by atoms with E-state index in [-0.39, 0.29) is 23.5 Å². The Morgan fingerprint density at radius 3 is 2.14 bits per heavy atom. The van der Waals surface area contributed by atoms with Crippen molar-refractivity contribution in [2.75, 3.05) is 22.6 Å². The average Bonchev–Trinajstić information content (AvgIpc) is 2.84. The lowest BCUT2D eigenvalue weighted by Gasteiger charge is -2.30. The molecule has 196 valence electrons. The second kappa shape index (κ2) is 12.9. The van der Waals surface area contributed by atoms with E-state index in [1.54, 1.807) is 12.1 Å². The largest absolute Gasteiger partial charge is 0.481 e. The van der Waals surface area contributed by atoms with Crippen LogP contribution in [0.5, 0.6) is 0 Å². The van der Waals surface area contributed by atoms with Gasteiger partial charge in [-0.2, -0.15) is 5.26 Å². The fourth-order valence-corrected chi connectivity index (χ4v) is 3.81. The number of ether oxygens (including phenoxy) is 1. The molecule has 0 heterocycles. The third kappa shape index (κ3) is 8.33. The van der Waals surface area contributed by atoms with E-state index in [4.69, 9.17) is 21.6 Å². The van der Waals surface area contributed by atoms with Gasteiger partial charge >= 0.3 is 11.9 Å². The van der Waals surface area contributed by atoms with E-state index >= 15 is 0 Å². The number of carboxylic acid groups (broad SMARTS) is 1. The van der Waals surface area contributed by atoms with Crippen molar-refractivity contribution in [3.05, 3.63) is 59.7 Å². The maximum Gasteiger partial charge on any atom is 0.304 e. The summed E-state index contributed by atoms with van der Waals surface area (Å²) in [7, 11) is 0. The molecule has 0 aromatic heterocycles. The normalized spacial score (nSPS) is 12.5. The van der Waals surface area contributed by atoms with Gasteiger partial charge in [-0.3, -0.25) is 19.2 Å². The second-order valence-electron chi connectivity index (χ2n) is 9.39. The highest BCUT2D eigenvalue weighted by molar-refractivity contribution is 6.18. The van der Waals surface area contributed by atoms with Crippen LogP contribution in [0.4, 0.5) is 11.4 Å². The Morgan fingerprint density at radius 2 is 1.68 bits per heavy atom. The molecule has 0 aliphatic heterocycles. The van der Waals surface area contributed by atoms with Crippen molar-refractivity contribution in [2.45, 2.75) is 45.6 Å². The number of anilines is 2. The van der Waals surface area contributed by atoms with Gasteiger partial charge in [0.15, 0.2) is 6.10 Å². The quantitative estimate of drug-likeness (QED) is 0.350. The van der Waals surface area contributed by atoms with Crippen LogP contribution in [0.1, 0.15) is 45.2 Å². The van der Waals surface area contributed by atoms with Crippen molar-refractivity contribution in [3.8, 4) is 6.07 Å². The molecule has 9 nitrogen and oxygen atoms in total. The first kappa shape index (κ1) is 29.3. The number of nitrogens with one attached hydrogen (secondary N) is 1. The number of carbonyl (C=O) groups excluding carboxylic acids is 3. The molecule has 2 atom stereocenters. The van der Waals surface area contributed by atoms with Gasteiger partial charge in [-0.1, -0.05) is 32.9 Å². The van der Waals surface area contributed by atoms with Crippen molar-refractivity contribution in [3.63, 3.8) is 0 Å². The van der Waals surface area contributed by atoms with E-state index in [1.807, 2.05) is 39.0 Å². The molecule has 0 saturated carbocycles. The van der Waals surface area contributed by atoms with Crippen molar-refractivity contribution < 1.29 is 29.0 Å². The summed E-state index contributed by atoms with van der Waals surface area (Å²) < 4.78 is 5.19. The van der Waals surface area contributed by atoms with E-state index in [2.05, 4.69) is 5.32 Å². The molecule has 0 bridgehead atoms. The first-order valence-electron chi connectivity index (χ1n) is 11.5. The molecule has 2 amide bonds. The molecule has 0 saturated heterocycles. The van der Waals surface area contributed by atoms with Crippen LogP contribution in [-0.2, 0) is 29.3 Å². The third-order valence-corrected chi connectivity index (χ3v) is 5.70. The Bertz CT molecular complexity index is 1170. The molecule has 0 aliphatic carbocycles. The van der Waals surface area contributed by atoms with Gasteiger partial charge < -0.3 is 20.1 Å². The van der Waals surface area contributed by atoms with Crippen LogP contribution in [0.25, 0.3) is 0 Å². The fraction of sp³-hybridized carbons (Fsp3) is 0.370. The summed E-state index contributed by atoms with van der Waals surface area (Å²) in [5.74, 6) is -5.31. The van der Waals surface area contributed by atoms with E-state index in [0.717, 1.165) is 12.5 Å². The van der Waals surface area contributed by atoms with Gasteiger partial charge in [-0.15, -0.1) is 11.6 Å². The van der Waals surface area contributed by atoms with E-state index in [1.165, 1.54) is 29.2 Å². The lowest BCUT2D eigenvalue weighted by atomic mass is 9.87. The Kier molecular flexibility index (Phi) is 10.2. The number of esters is 1. The molecule has 37 heavy (non-hydrogen) atoms. The molecule has 0 unspecified atom stereocenters. The Hall–Kier alpha value is -3.90. The SMILES string of the molecule is CC(=O)O[C@@H](C(=O)Nc1ccc(C#N)cc1)[C@@H](CC(=O)O)C(=O)N(CCCl)c1ccc(C(C)(C)C)cc1. The highest BCUT2D eigenvalue weighted by atomic mass is 35.5. The van der Waals surface area contributed by atoms with Gasteiger partial charge in [-0.25, -0.2) is 0 Å². The number of amides is 2. The van der Waals surface area contributed by atoms with Gasteiger partial charge in [0.05, 0.1) is 24.0 Å². The lowest BCUT2D eigenvalue weighted by Crippen LogP contribution is -2.48. The van der Waals surface area contributed by atoms with Gasteiger partial charge in [-0.05, 0) is 47.4 Å². The molecule has 0 radical (unpaired) electrons. The number of rotatable bonds is 10. The summed E-state index contributed by atoms with van der Waals surface area (Å²) >= 11 is 5.97. The van der Waals surface area contributed by atoms with Crippen LogP contribution in [0.15, 0.2) is 48.5 Å². The molecule has 10 heteroatoms. The summed E-state index contributed by atoms with van der Waals surface area (Å²) in [6, 6.07) is 15.0. The van der Waals surface area contributed by atoms with Crippen LogP contribution in [0.3, 0.4) is 0 Å². The predicted octanol–water partition coefficient (Wildman–Crippen LogP) is 4.09. The van der Waals surface area contributed by atoms with Gasteiger partial charge in [0, 0.05) is 30.7 Å². The van der Waals surface area contributed by atoms with Crippen LogP contribution in [0, 0.1) is 17.2 Å². The molecule has 2 aromatic carbocycles. The minimum atomic E-state index is -1.73. The topological polar surface area (TPSA) is 137 Å². The minimum absolute atomic E-state index is 0.0371. The number of nitriles is 1. The Morgan fingerprint density at radius 1 is 1.08 bits per heavy atom. The van der Waals surface area contributed by atoms with E-state index in [0.29, 0.717) is 11.3 Å². The van der Waals surface area contributed by atoms with Crippen molar-refractivity contribution in [1.29, 1.82) is 5.26 Å². The fourth-order valence-electron chi connectivity index (χ4n) is 3.64. The number of halogens is 1. The summed E-state index contributed by atoms with van der Waals surface area (Å²) in [5, 5.41) is 21.0. The average molecular weight is 528 g/mol. The van der Waals surface area contributed by atoms with Gasteiger partial charge in [0.1, 0.15) is 0 Å². The Labute approximate surface area is 221 Å². The van der Waals surface area contributed by atoms with E-state index in [9.17, 15) is 24.3 Å². The van der Waals surface area contributed by atoms with Crippen LogP contribution < -0.4 is 10.2 Å². The summed E-state index contributed by atoms with van der Waals surface area (Å²) in [6.45, 7) is 7.23.